The normalized spacial score (nSPS) is 27.4. The molecule has 2 heterocycles. The minimum atomic E-state index is -0.805. The fourth-order valence-electron chi connectivity index (χ4n) is 5.39. The van der Waals surface area contributed by atoms with Crippen LogP contribution in [0.2, 0.25) is 0 Å². The van der Waals surface area contributed by atoms with Gasteiger partial charge in [-0.3, -0.25) is 9.69 Å². The fourth-order valence-corrected chi connectivity index (χ4v) is 5.39. The molecule has 6 heteroatoms. The topological polar surface area (TPSA) is 72.9 Å². The number of likely N-dealkylation sites (tertiary alicyclic amines) is 2. The number of hydrogen-bond donors (Lipinski definition) is 2. The molecule has 6 nitrogen and oxygen atoms in total. The third-order valence-corrected chi connectivity index (χ3v) is 6.97. The molecular formula is C23H33N3O3. The van der Waals surface area contributed by atoms with E-state index in [0.717, 1.165) is 64.5 Å². The zero-order valence-corrected chi connectivity index (χ0v) is 17.2. The first-order valence-corrected chi connectivity index (χ1v) is 11.2. The molecule has 1 unspecified atom stereocenters. The summed E-state index contributed by atoms with van der Waals surface area (Å²) >= 11 is 0. The monoisotopic (exact) mass is 399 g/mol. The molecule has 2 saturated heterocycles. The van der Waals surface area contributed by atoms with Gasteiger partial charge in [-0.05, 0) is 81.5 Å². The van der Waals surface area contributed by atoms with Crippen molar-refractivity contribution in [1.29, 1.82) is 0 Å². The summed E-state index contributed by atoms with van der Waals surface area (Å²) in [6.07, 6.45) is 7.43. The van der Waals surface area contributed by atoms with Crippen LogP contribution in [0.4, 0.5) is 4.79 Å². The van der Waals surface area contributed by atoms with E-state index in [-0.39, 0.29) is 18.0 Å². The summed E-state index contributed by atoms with van der Waals surface area (Å²) in [5.74, 6) is 0.578. The van der Waals surface area contributed by atoms with E-state index in [0.29, 0.717) is 19.0 Å². The van der Waals surface area contributed by atoms with E-state index in [9.17, 15) is 14.7 Å². The molecule has 0 saturated carbocycles. The Bertz CT molecular complexity index is 738. The van der Waals surface area contributed by atoms with E-state index >= 15 is 0 Å². The first-order valence-electron chi connectivity index (χ1n) is 11.2. The number of nitrogens with zero attached hydrogens (tertiary/aromatic N) is 2. The number of benzene rings is 1. The summed E-state index contributed by atoms with van der Waals surface area (Å²) < 4.78 is 0. The Morgan fingerprint density at radius 1 is 1.07 bits per heavy atom. The Hall–Kier alpha value is -2.08. The van der Waals surface area contributed by atoms with Crippen molar-refractivity contribution in [2.75, 3.05) is 26.2 Å². The van der Waals surface area contributed by atoms with Gasteiger partial charge in [-0.2, -0.15) is 0 Å². The van der Waals surface area contributed by atoms with Crippen LogP contribution in [0.25, 0.3) is 0 Å². The molecule has 29 heavy (non-hydrogen) atoms. The standard InChI is InChI=1S/C23H33N3O3/c27-22(24-20-10-3-8-18-7-1-2-9-19(18)20)21-11-5-13-25(21)15-12-17-6-4-14-26(16-17)23(28)29/h1-2,7,9,17,20-21H,3-6,8,10-16H2,(H,24,27)(H,28,29)/t17?,20-,21+/m1/s1. The van der Waals surface area contributed by atoms with Crippen molar-refractivity contribution in [3.8, 4) is 0 Å². The SMILES string of the molecule is O=C(N[C@@H]1CCCc2ccccc21)[C@@H]1CCCN1CCC1CCCN(C(=O)O)C1. The summed E-state index contributed by atoms with van der Waals surface area (Å²) in [5.41, 5.74) is 2.65. The minimum Gasteiger partial charge on any atom is -0.465 e. The van der Waals surface area contributed by atoms with Gasteiger partial charge in [0.1, 0.15) is 0 Å². The third kappa shape index (κ3) is 4.74. The van der Waals surface area contributed by atoms with Crippen LogP contribution in [0.1, 0.15) is 62.1 Å². The predicted octanol–water partition coefficient (Wildman–Crippen LogP) is 3.42. The Morgan fingerprint density at radius 3 is 2.76 bits per heavy atom. The zero-order chi connectivity index (χ0) is 20.2. The molecule has 2 aliphatic heterocycles. The number of amides is 2. The molecule has 2 amide bonds. The van der Waals surface area contributed by atoms with Gasteiger partial charge in [0.05, 0.1) is 12.1 Å². The molecule has 1 aromatic carbocycles. The summed E-state index contributed by atoms with van der Waals surface area (Å²) in [7, 11) is 0. The molecule has 0 bridgehead atoms. The van der Waals surface area contributed by atoms with Gasteiger partial charge in [-0.15, -0.1) is 0 Å². The van der Waals surface area contributed by atoms with Gasteiger partial charge in [0.25, 0.3) is 0 Å². The highest BCUT2D eigenvalue weighted by atomic mass is 16.4. The highest BCUT2D eigenvalue weighted by Gasteiger charge is 2.33. The van der Waals surface area contributed by atoms with Crippen molar-refractivity contribution in [2.24, 2.45) is 5.92 Å². The molecular weight excluding hydrogens is 366 g/mol. The predicted molar refractivity (Wildman–Crippen MR) is 112 cm³/mol. The van der Waals surface area contributed by atoms with E-state index in [1.807, 2.05) is 0 Å². The maximum absolute atomic E-state index is 13.1. The number of carbonyl (C=O) groups is 2. The lowest BCUT2D eigenvalue weighted by molar-refractivity contribution is -0.126. The van der Waals surface area contributed by atoms with Gasteiger partial charge in [-0.25, -0.2) is 4.79 Å². The Labute approximate surface area is 173 Å². The van der Waals surface area contributed by atoms with Crippen molar-refractivity contribution in [3.05, 3.63) is 35.4 Å². The number of fused-ring (bicyclic) bond motifs is 1. The molecule has 3 aliphatic rings. The van der Waals surface area contributed by atoms with E-state index in [1.54, 1.807) is 4.90 Å². The van der Waals surface area contributed by atoms with Crippen molar-refractivity contribution in [1.82, 2.24) is 15.1 Å². The second kappa shape index (κ2) is 9.16. The second-order valence-corrected chi connectivity index (χ2v) is 8.87. The minimum absolute atomic E-state index is 0.0387. The van der Waals surface area contributed by atoms with Crippen LogP contribution in [-0.4, -0.2) is 59.1 Å². The van der Waals surface area contributed by atoms with Crippen molar-refractivity contribution >= 4 is 12.0 Å². The maximum Gasteiger partial charge on any atom is 0.407 e. The van der Waals surface area contributed by atoms with E-state index < -0.39 is 6.09 Å². The van der Waals surface area contributed by atoms with Gasteiger partial charge in [0, 0.05) is 13.1 Å². The van der Waals surface area contributed by atoms with E-state index in [4.69, 9.17) is 0 Å². The molecule has 4 rings (SSSR count). The number of rotatable bonds is 5. The molecule has 2 fully saturated rings. The van der Waals surface area contributed by atoms with Crippen LogP contribution < -0.4 is 5.32 Å². The largest absolute Gasteiger partial charge is 0.465 e. The third-order valence-electron chi connectivity index (χ3n) is 6.97. The van der Waals surface area contributed by atoms with E-state index in [2.05, 4.69) is 34.5 Å². The average molecular weight is 400 g/mol. The van der Waals surface area contributed by atoms with Crippen LogP contribution in [0.3, 0.4) is 0 Å². The number of aryl methyl sites for hydroxylation is 1. The summed E-state index contributed by atoms with van der Waals surface area (Å²) in [5, 5.41) is 12.6. The van der Waals surface area contributed by atoms with Crippen molar-refractivity contribution in [3.63, 3.8) is 0 Å². The van der Waals surface area contributed by atoms with Crippen LogP contribution in [-0.2, 0) is 11.2 Å². The molecule has 2 N–H and O–H groups in total. The van der Waals surface area contributed by atoms with Crippen molar-refractivity contribution < 1.29 is 14.7 Å². The lowest BCUT2D eigenvalue weighted by atomic mass is 9.87. The van der Waals surface area contributed by atoms with Gasteiger partial charge < -0.3 is 15.3 Å². The van der Waals surface area contributed by atoms with Crippen molar-refractivity contribution in [2.45, 2.75) is 63.5 Å². The van der Waals surface area contributed by atoms with Gasteiger partial charge >= 0.3 is 6.09 Å². The smallest absolute Gasteiger partial charge is 0.407 e. The number of hydrogen-bond acceptors (Lipinski definition) is 3. The zero-order valence-electron chi connectivity index (χ0n) is 17.2. The molecule has 158 valence electrons. The quantitative estimate of drug-likeness (QED) is 0.796. The molecule has 1 aromatic rings. The lowest BCUT2D eigenvalue weighted by Crippen LogP contribution is -2.46. The van der Waals surface area contributed by atoms with E-state index in [1.165, 1.54) is 11.1 Å². The average Bonchev–Trinajstić information content (AvgIpc) is 3.21. The molecule has 3 atom stereocenters. The van der Waals surface area contributed by atoms with Crippen LogP contribution in [0.15, 0.2) is 24.3 Å². The Morgan fingerprint density at radius 2 is 1.90 bits per heavy atom. The molecule has 0 spiro atoms. The summed E-state index contributed by atoms with van der Waals surface area (Å²) in [4.78, 5) is 28.2. The first-order chi connectivity index (χ1) is 14.1. The Balaban J connectivity index is 1.31. The van der Waals surface area contributed by atoms with Crippen LogP contribution in [0, 0.1) is 5.92 Å². The molecule has 0 radical (unpaired) electrons. The highest BCUT2D eigenvalue weighted by Crippen LogP contribution is 2.30. The molecule has 1 aliphatic carbocycles. The van der Waals surface area contributed by atoms with Gasteiger partial charge in [-0.1, -0.05) is 24.3 Å². The number of nitrogens with one attached hydrogen (secondary N) is 1. The maximum atomic E-state index is 13.1. The van der Waals surface area contributed by atoms with Crippen LogP contribution >= 0.6 is 0 Å². The fraction of sp³-hybridized carbons (Fsp3) is 0.652. The van der Waals surface area contributed by atoms with Gasteiger partial charge in [0.2, 0.25) is 5.91 Å². The number of carbonyl (C=O) groups excluding carboxylic acids is 1. The number of carboxylic acid groups (broad SMARTS) is 1. The van der Waals surface area contributed by atoms with Gasteiger partial charge in [0.15, 0.2) is 0 Å². The van der Waals surface area contributed by atoms with Crippen LogP contribution in [0.5, 0.6) is 0 Å². The second-order valence-electron chi connectivity index (χ2n) is 8.87. The Kier molecular flexibility index (Phi) is 6.38. The highest BCUT2D eigenvalue weighted by molar-refractivity contribution is 5.82. The number of piperidine rings is 1. The lowest BCUT2D eigenvalue weighted by Gasteiger charge is -2.33. The summed E-state index contributed by atoms with van der Waals surface area (Å²) in [6.45, 7) is 3.15. The molecule has 0 aromatic heterocycles. The summed E-state index contributed by atoms with van der Waals surface area (Å²) in [6, 6.07) is 8.58. The first kappa shape index (κ1) is 20.2.